The van der Waals surface area contributed by atoms with Crippen LogP contribution < -0.4 is 9.80 Å². The molecular weight excluding hydrogens is 361 g/mol. The van der Waals surface area contributed by atoms with Gasteiger partial charge in [0, 0.05) is 37.9 Å². The van der Waals surface area contributed by atoms with E-state index in [2.05, 4.69) is 9.80 Å². The fourth-order valence-electron chi connectivity index (χ4n) is 3.96. The number of amides is 2. The molecule has 6 nitrogen and oxygen atoms in total. The molecule has 2 aliphatic heterocycles. The van der Waals surface area contributed by atoms with Crippen molar-refractivity contribution in [2.24, 2.45) is 0 Å². The van der Waals surface area contributed by atoms with Gasteiger partial charge in [-0.1, -0.05) is 6.07 Å². The Morgan fingerprint density at radius 1 is 0.929 bits per heavy atom. The van der Waals surface area contributed by atoms with E-state index in [1.807, 2.05) is 0 Å². The van der Waals surface area contributed by atoms with Crippen molar-refractivity contribution in [2.75, 3.05) is 36.0 Å². The standard InChI is InChI=1S/C21H22FN3O3/c22-15-5-7-16(8-6-15)23-9-2-10-24(12-11-23)19-14-20(27)25(21(19)28)17-3-1-4-18(26)13-17/h1,3-8,13,19,26H,2,9-12,14H2. The molecule has 2 saturated heterocycles. The van der Waals surface area contributed by atoms with Crippen LogP contribution in [-0.4, -0.2) is 54.0 Å². The maximum atomic E-state index is 13.2. The van der Waals surface area contributed by atoms with Crippen LogP contribution in [0.4, 0.5) is 15.8 Å². The van der Waals surface area contributed by atoms with Crippen molar-refractivity contribution < 1.29 is 19.1 Å². The van der Waals surface area contributed by atoms with Gasteiger partial charge in [-0.05, 0) is 42.8 Å². The molecule has 1 unspecified atom stereocenters. The Morgan fingerprint density at radius 3 is 2.46 bits per heavy atom. The summed E-state index contributed by atoms with van der Waals surface area (Å²) in [4.78, 5) is 30.9. The van der Waals surface area contributed by atoms with E-state index in [1.165, 1.54) is 29.2 Å². The molecule has 2 heterocycles. The third-order valence-electron chi connectivity index (χ3n) is 5.37. The zero-order chi connectivity index (χ0) is 19.7. The molecule has 0 saturated carbocycles. The number of phenols is 1. The van der Waals surface area contributed by atoms with Gasteiger partial charge >= 0.3 is 0 Å². The van der Waals surface area contributed by atoms with E-state index in [4.69, 9.17) is 0 Å². The van der Waals surface area contributed by atoms with Gasteiger partial charge in [-0.25, -0.2) is 9.29 Å². The summed E-state index contributed by atoms with van der Waals surface area (Å²) in [5.41, 5.74) is 1.36. The molecule has 0 aliphatic carbocycles. The Hall–Kier alpha value is -2.93. The molecule has 0 radical (unpaired) electrons. The van der Waals surface area contributed by atoms with Crippen LogP contribution in [-0.2, 0) is 9.59 Å². The van der Waals surface area contributed by atoms with Gasteiger partial charge in [0.2, 0.25) is 5.91 Å². The summed E-state index contributed by atoms with van der Waals surface area (Å²) in [6.45, 7) is 2.88. The number of nitrogens with zero attached hydrogens (tertiary/aromatic N) is 3. The topological polar surface area (TPSA) is 64.1 Å². The summed E-state index contributed by atoms with van der Waals surface area (Å²) in [5.74, 6) is -0.736. The van der Waals surface area contributed by atoms with Crippen molar-refractivity contribution in [2.45, 2.75) is 18.9 Å². The average Bonchev–Trinajstić information content (AvgIpc) is 2.84. The highest BCUT2D eigenvalue weighted by Gasteiger charge is 2.43. The zero-order valence-electron chi connectivity index (χ0n) is 15.4. The molecule has 4 rings (SSSR count). The van der Waals surface area contributed by atoms with E-state index in [1.54, 1.807) is 24.3 Å². The number of imide groups is 1. The monoisotopic (exact) mass is 383 g/mol. The number of carbonyl (C=O) groups excluding carboxylic acids is 2. The number of phenolic OH excluding ortho intramolecular Hbond substituents is 1. The molecular formula is C21H22FN3O3. The highest BCUT2D eigenvalue weighted by molar-refractivity contribution is 6.22. The summed E-state index contributed by atoms with van der Waals surface area (Å²) in [6.07, 6.45) is 0.993. The first-order chi connectivity index (χ1) is 13.5. The molecule has 2 fully saturated rings. The van der Waals surface area contributed by atoms with E-state index in [0.29, 0.717) is 18.8 Å². The second kappa shape index (κ2) is 7.59. The minimum atomic E-state index is -0.483. The Bertz CT molecular complexity index is 887. The number of hydrogen-bond acceptors (Lipinski definition) is 5. The van der Waals surface area contributed by atoms with Gasteiger partial charge < -0.3 is 10.0 Å². The Labute approximate surface area is 162 Å². The number of anilines is 2. The van der Waals surface area contributed by atoms with Crippen molar-refractivity contribution >= 4 is 23.2 Å². The van der Waals surface area contributed by atoms with Crippen LogP contribution in [0.2, 0.25) is 0 Å². The van der Waals surface area contributed by atoms with Crippen LogP contribution in [0.3, 0.4) is 0 Å². The quantitative estimate of drug-likeness (QED) is 0.825. The third-order valence-corrected chi connectivity index (χ3v) is 5.37. The van der Waals surface area contributed by atoms with Crippen LogP contribution in [0.25, 0.3) is 0 Å². The number of halogens is 1. The number of aromatic hydroxyl groups is 1. The van der Waals surface area contributed by atoms with Crippen LogP contribution in [0.5, 0.6) is 5.75 Å². The molecule has 2 aliphatic rings. The molecule has 0 spiro atoms. The summed E-state index contributed by atoms with van der Waals surface area (Å²) in [5, 5.41) is 9.66. The molecule has 2 amide bonds. The highest BCUT2D eigenvalue weighted by Crippen LogP contribution is 2.29. The van der Waals surface area contributed by atoms with Crippen molar-refractivity contribution in [3.8, 4) is 5.75 Å². The van der Waals surface area contributed by atoms with Crippen molar-refractivity contribution in [3.63, 3.8) is 0 Å². The van der Waals surface area contributed by atoms with E-state index in [0.717, 1.165) is 25.2 Å². The average molecular weight is 383 g/mol. The fourth-order valence-corrected chi connectivity index (χ4v) is 3.96. The lowest BCUT2D eigenvalue weighted by Gasteiger charge is -2.26. The van der Waals surface area contributed by atoms with E-state index >= 15 is 0 Å². The van der Waals surface area contributed by atoms with Gasteiger partial charge in [-0.15, -0.1) is 0 Å². The lowest BCUT2D eigenvalue weighted by molar-refractivity contribution is -0.122. The first kappa shape index (κ1) is 18.4. The van der Waals surface area contributed by atoms with E-state index < -0.39 is 6.04 Å². The van der Waals surface area contributed by atoms with Gasteiger partial charge in [0.1, 0.15) is 11.6 Å². The lowest BCUT2D eigenvalue weighted by atomic mass is 10.2. The minimum Gasteiger partial charge on any atom is -0.508 e. The molecule has 2 aromatic carbocycles. The van der Waals surface area contributed by atoms with Gasteiger partial charge in [0.05, 0.1) is 18.2 Å². The Kier molecular flexibility index (Phi) is 5.00. The number of carbonyl (C=O) groups is 2. The maximum absolute atomic E-state index is 13.2. The molecule has 7 heteroatoms. The van der Waals surface area contributed by atoms with E-state index in [-0.39, 0.29) is 29.8 Å². The van der Waals surface area contributed by atoms with Crippen LogP contribution in [0.15, 0.2) is 48.5 Å². The second-order valence-electron chi connectivity index (χ2n) is 7.16. The highest BCUT2D eigenvalue weighted by atomic mass is 19.1. The normalized spacial score (nSPS) is 21.2. The molecule has 0 aromatic heterocycles. The molecule has 1 atom stereocenters. The van der Waals surface area contributed by atoms with Gasteiger partial charge in [-0.2, -0.15) is 0 Å². The molecule has 2 aromatic rings. The van der Waals surface area contributed by atoms with E-state index in [9.17, 15) is 19.1 Å². The van der Waals surface area contributed by atoms with Crippen molar-refractivity contribution in [3.05, 3.63) is 54.3 Å². The number of rotatable bonds is 3. The van der Waals surface area contributed by atoms with Crippen LogP contribution in [0, 0.1) is 5.82 Å². The zero-order valence-corrected chi connectivity index (χ0v) is 15.4. The molecule has 1 N–H and O–H groups in total. The Balaban J connectivity index is 1.47. The number of hydrogen-bond donors (Lipinski definition) is 1. The summed E-state index contributed by atoms with van der Waals surface area (Å²) in [7, 11) is 0. The summed E-state index contributed by atoms with van der Waals surface area (Å²) >= 11 is 0. The van der Waals surface area contributed by atoms with Crippen LogP contribution >= 0.6 is 0 Å². The Morgan fingerprint density at radius 2 is 1.71 bits per heavy atom. The molecule has 146 valence electrons. The van der Waals surface area contributed by atoms with Gasteiger partial charge in [0.15, 0.2) is 0 Å². The first-order valence-electron chi connectivity index (χ1n) is 9.43. The maximum Gasteiger partial charge on any atom is 0.251 e. The summed E-state index contributed by atoms with van der Waals surface area (Å²) in [6, 6.07) is 12.1. The fraction of sp³-hybridized carbons (Fsp3) is 0.333. The van der Waals surface area contributed by atoms with Crippen molar-refractivity contribution in [1.29, 1.82) is 0 Å². The second-order valence-corrected chi connectivity index (χ2v) is 7.16. The van der Waals surface area contributed by atoms with Gasteiger partial charge in [0.25, 0.3) is 5.91 Å². The third kappa shape index (κ3) is 3.57. The minimum absolute atomic E-state index is 0.0197. The lowest BCUT2D eigenvalue weighted by Crippen LogP contribution is -2.43. The van der Waals surface area contributed by atoms with Gasteiger partial charge in [-0.3, -0.25) is 14.5 Å². The summed E-state index contributed by atoms with van der Waals surface area (Å²) < 4.78 is 13.2. The predicted molar refractivity (Wildman–Crippen MR) is 104 cm³/mol. The van der Waals surface area contributed by atoms with Crippen LogP contribution in [0.1, 0.15) is 12.8 Å². The smallest absolute Gasteiger partial charge is 0.251 e. The number of benzene rings is 2. The first-order valence-corrected chi connectivity index (χ1v) is 9.43. The largest absolute Gasteiger partial charge is 0.508 e. The van der Waals surface area contributed by atoms with Crippen molar-refractivity contribution in [1.82, 2.24) is 4.90 Å². The SMILES string of the molecule is O=C1CC(N2CCCN(c3ccc(F)cc3)CC2)C(=O)N1c1cccc(O)c1. The predicted octanol–water partition coefficient (Wildman–Crippen LogP) is 2.38. The molecule has 28 heavy (non-hydrogen) atoms. The molecule has 0 bridgehead atoms.